The van der Waals surface area contributed by atoms with E-state index < -0.39 is 0 Å². The fourth-order valence-corrected chi connectivity index (χ4v) is 2.16. The number of carbonyl (C=O) groups excluding carboxylic acids is 1. The van der Waals surface area contributed by atoms with Crippen molar-refractivity contribution in [1.82, 2.24) is 0 Å². The molecule has 0 bridgehead atoms. The predicted octanol–water partition coefficient (Wildman–Crippen LogP) is 4.21. The van der Waals surface area contributed by atoms with Gasteiger partial charge >= 0.3 is 0 Å². The van der Waals surface area contributed by atoms with Gasteiger partial charge in [-0.3, -0.25) is 4.79 Å². The lowest BCUT2D eigenvalue weighted by atomic mass is 10.1. The second-order valence-electron chi connectivity index (χ2n) is 3.76. The summed E-state index contributed by atoms with van der Waals surface area (Å²) >= 11 is 1.63. The van der Waals surface area contributed by atoms with Crippen LogP contribution in [0.3, 0.4) is 0 Å². The Bertz CT molecular complexity index is 506. The number of aryl methyl sites for hydroxylation is 1. The van der Waals surface area contributed by atoms with Gasteiger partial charge in [0.15, 0.2) is 5.78 Å². The molecule has 17 heavy (non-hydrogen) atoms. The first-order valence-corrected chi connectivity index (χ1v) is 6.52. The fourth-order valence-electron chi connectivity index (χ4n) is 1.54. The summed E-state index contributed by atoms with van der Waals surface area (Å²) in [5.74, 6) is 0.0565. The highest BCUT2D eigenvalue weighted by molar-refractivity contribution is 7.10. The first kappa shape index (κ1) is 11.8. The highest BCUT2D eigenvalue weighted by Crippen LogP contribution is 2.12. The van der Waals surface area contributed by atoms with Gasteiger partial charge in [-0.15, -0.1) is 11.3 Å². The molecule has 0 atom stereocenters. The van der Waals surface area contributed by atoms with Crippen molar-refractivity contribution in [2.75, 3.05) is 0 Å². The van der Waals surface area contributed by atoms with Crippen molar-refractivity contribution in [3.05, 3.63) is 63.9 Å². The summed E-state index contributed by atoms with van der Waals surface area (Å²) in [6.07, 6.45) is 4.49. The highest BCUT2D eigenvalue weighted by atomic mass is 32.1. The third-order valence-electron chi connectivity index (χ3n) is 2.59. The van der Waals surface area contributed by atoms with Crippen LogP contribution in [0.2, 0.25) is 0 Å². The van der Waals surface area contributed by atoms with E-state index in [0.29, 0.717) is 0 Å². The monoisotopic (exact) mass is 242 g/mol. The number of hydrogen-bond donors (Lipinski definition) is 0. The Morgan fingerprint density at radius 2 is 2.00 bits per heavy atom. The van der Waals surface area contributed by atoms with Crippen LogP contribution in [0.15, 0.2) is 47.9 Å². The van der Waals surface area contributed by atoms with Gasteiger partial charge in [0.25, 0.3) is 0 Å². The molecular formula is C15H14OS. The third kappa shape index (κ3) is 3.14. The topological polar surface area (TPSA) is 17.1 Å². The molecule has 1 nitrogen and oxygen atoms in total. The number of rotatable bonds is 4. The van der Waals surface area contributed by atoms with Crippen LogP contribution in [-0.2, 0) is 6.42 Å². The molecule has 0 fully saturated rings. The molecule has 2 rings (SSSR count). The van der Waals surface area contributed by atoms with Crippen LogP contribution in [0.4, 0.5) is 0 Å². The van der Waals surface area contributed by atoms with Crippen LogP contribution in [0, 0.1) is 0 Å². The molecule has 2 aromatic rings. The third-order valence-corrected chi connectivity index (χ3v) is 3.43. The van der Waals surface area contributed by atoms with Crippen molar-refractivity contribution in [3.63, 3.8) is 0 Å². The minimum Gasteiger partial charge on any atom is -0.289 e. The van der Waals surface area contributed by atoms with Crippen LogP contribution in [0.25, 0.3) is 6.08 Å². The van der Waals surface area contributed by atoms with E-state index in [1.54, 1.807) is 17.4 Å². The van der Waals surface area contributed by atoms with E-state index in [1.807, 2.05) is 47.9 Å². The molecule has 0 saturated heterocycles. The molecule has 1 aromatic heterocycles. The Labute approximate surface area is 105 Å². The molecule has 1 aromatic carbocycles. The molecule has 86 valence electrons. The zero-order valence-electron chi connectivity index (χ0n) is 9.72. The van der Waals surface area contributed by atoms with E-state index in [0.717, 1.165) is 16.9 Å². The van der Waals surface area contributed by atoms with E-state index in [9.17, 15) is 4.79 Å². The average Bonchev–Trinajstić information content (AvgIpc) is 2.89. The van der Waals surface area contributed by atoms with Crippen molar-refractivity contribution in [3.8, 4) is 0 Å². The van der Waals surface area contributed by atoms with Gasteiger partial charge in [0.2, 0.25) is 0 Å². The van der Waals surface area contributed by atoms with Crippen molar-refractivity contribution in [2.24, 2.45) is 0 Å². The molecular weight excluding hydrogens is 228 g/mol. The van der Waals surface area contributed by atoms with E-state index in [2.05, 4.69) is 6.92 Å². The second-order valence-corrected chi connectivity index (χ2v) is 4.74. The summed E-state index contributed by atoms with van der Waals surface area (Å²) in [7, 11) is 0. The largest absolute Gasteiger partial charge is 0.289 e. The standard InChI is InChI=1S/C15H14OS/c1-2-12-5-7-13(8-6-12)15(16)10-9-14-4-3-11-17-14/h3-11H,2H2,1H3/b10-9+. The van der Waals surface area contributed by atoms with Crippen molar-refractivity contribution < 1.29 is 4.79 Å². The normalized spacial score (nSPS) is 10.9. The fraction of sp³-hybridized carbons (Fsp3) is 0.133. The SMILES string of the molecule is CCc1ccc(C(=O)/C=C/c2cccs2)cc1. The molecule has 0 saturated carbocycles. The zero-order chi connectivity index (χ0) is 12.1. The number of ketones is 1. The zero-order valence-corrected chi connectivity index (χ0v) is 10.5. The Morgan fingerprint density at radius 3 is 2.59 bits per heavy atom. The van der Waals surface area contributed by atoms with Gasteiger partial charge in [0.05, 0.1) is 0 Å². The van der Waals surface area contributed by atoms with E-state index >= 15 is 0 Å². The summed E-state index contributed by atoms with van der Waals surface area (Å²) < 4.78 is 0. The Kier molecular flexibility index (Phi) is 3.89. The summed E-state index contributed by atoms with van der Waals surface area (Å²) in [6, 6.07) is 11.8. The Morgan fingerprint density at radius 1 is 1.24 bits per heavy atom. The molecule has 0 amide bonds. The lowest BCUT2D eigenvalue weighted by molar-refractivity contribution is 0.104. The molecule has 0 unspecified atom stereocenters. The van der Waals surface area contributed by atoms with Gasteiger partial charge in [-0.25, -0.2) is 0 Å². The molecule has 2 heteroatoms. The molecule has 0 N–H and O–H groups in total. The minimum atomic E-state index is 0.0565. The van der Waals surface area contributed by atoms with Crippen LogP contribution in [0.1, 0.15) is 27.7 Å². The second kappa shape index (κ2) is 5.60. The van der Waals surface area contributed by atoms with Crippen LogP contribution < -0.4 is 0 Å². The van der Waals surface area contributed by atoms with Crippen molar-refractivity contribution >= 4 is 23.2 Å². The van der Waals surface area contributed by atoms with Gasteiger partial charge in [0.1, 0.15) is 0 Å². The van der Waals surface area contributed by atoms with Gasteiger partial charge in [-0.05, 0) is 35.6 Å². The summed E-state index contributed by atoms with van der Waals surface area (Å²) in [4.78, 5) is 13.0. The van der Waals surface area contributed by atoms with Crippen molar-refractivity contribution in [2.45, 2.75) is 13.3 Å². The molecule has 0 aliphatic heterocycles. The maximum atomic E-state index is 11.9. The van der Waals surface area contributed by atoms with Gasteiger partial charge in [-0.1, -0.05) is 37.3 Å². The van der Waals surface area contributed by atoms with Crippen LogP contribution in [0.5, 0.6) is 0 Å². The quantitative estimate of drug-likeness (QED) is 0.580. The first-order chi connectivity index (χ1) is 8.29. The Hall–Kier alpha value is -1.67. The molecule has 0 aliphatic carbocycles. The number of carbonyl (C=O) groups is 1. The van der Waals surface area contributed by atoms with Gasteiger partial charge < -0.3 is 0 Å². The molecule has 0 radical (unpaired) electrons. The van der Waals surface area contributed by atoms with Gasteiger partial charge in [0, 0.05) is 10.4 Å². The number of benzene rings is 1. The maximum absolute atomic E-state index is 11.9. The van der Waals surface area contributed by atoms with E-state index in [-0.39, 0.29) is 5.78 Å². The molecule has 1 heterocycles. The summed E-state index contributed by atoms with van der Waals surface area (Å²) in [5, 5.41) is 2.00. The predicted molar refractivity (Wildman–Crippen MR) is 73.5 cm³/mol. The first-order valence-electron chi connectivity index (χ1n) is 5.64. The number of hydrogen-bond acceptors (Lipinski definition) is 2. The lowest BCUT2D eigenvalue weighted by Gasteiger charge is -1.98. The maximum Gasteiger partial charge on any atom is 0.185 e. The van der Waals surface area contributed by atoms with Crippen LogP contribution in [-0.4, -0.2) is 5.78 Å². The minimum absolute atomic E-state index is 0.0565. The summed E-state index contributed by atoms with van der Waals surface area (Å²) in [5.41, 5.74) is 2.00. The molecule has 0 aliphatic rings. The summed E-state index contributed by atoms with van der Waals surface area (Å²) in [6.45, 7) is 2.10. The Balaban J connectivity index is 2.09. The van der Waals surface area contributed by atoms with Gasteiger partial charge in [-0.2, -0.15) is 0 Å². The number of allylic oxidation sites excluding steroid dienone is 1. The lowest BCUT2D eigenvalue weighted by Crippen LogP contribution is -1.94. The van der Waals surface area contributed by atoms with E-state index in [4.69, 9.17) is 0 Å². The van der Waals surface area contributed by atoms with E-state index in [1.165, 1.54) is 5.56 Å². The highest BCUT2D eigenvalue weighted by Gasteiger charge is 2.01. The number of thiophene rings is 1. The smallest absolute Gasteiger partial charge is 0.185 e. The van der Waals surface area contributed by atoms with Crippen LogP contribution >= 0.6 is 11.3 Å². The molecule has 0 spiro atoms. The van der Waals surface area contributed by atoms with Crippen molar-refractivity contribution in [1.29, 1.82) is 0 Å². The average molecular weight is 242 g/mol.